The van der Waals surface area contributed by atoms with Gasteiger partial charge < -0.3 is 5.32 Å². The third-order valence-corrected chi connectivity index (χ3v) is 2.64. The van der Waals surface area contributed by atoms with E-state index in [1.807, 2.05) is 6.92 Å². The Labute approximate surface area is 111 Å². The molecule has 0 radical (unpaired) electrons. The second kappa shape index (κ2) is 6.13. The van der Waals surface area contributed by atoms with Gasteiger partial charge in [0.2, 0.25) is 5.91 Å². The topological polar surface area (TPSA) is 46.9 Å². The van der Waals surface area contributed by atoms with Crippen molar-refractivity contribution in [1.82, 2.24) is 9.78 Å². The SMILES string of the molecule is CCCC(=O)Nc1ccn(Cc2ccc(F)cc2)n1. The molecule has 1 N–H and O–H groups in total. The lowest BCUT2D eigenvalue weighted by atomic mass is 10.2. The van der Waals surface area contributed by atoms with Gasteiger partial charge in [-0.2, -0.15) is 5.10 Å². The van der Waals surface area contributed by atoms with E-state index in [9.17, 15) is 9.18 Å². The third kappa shape index (κ3) is 3.91. The molecule has 0 bridgehead atoms. The highest BCUT2D eigenvalue weighted by Crippen LogP contribution is 2.08. The minimum absolute atomic E-state index is 0.0328. The van der Waals surface area contributed by atoms with Crippen molar-refractivity contribution >= 4 is 11.7 Å². The van der Waals surface area contributed by atoms with Crippen molar-refractivity contribution in [3.63, 3.8) is 0 Å². The van der Waals surface area contributed by atoms with Crippen LogP contribution in [0.15, 0.2) is 36.5 Å². The van der Waals surface area contributed by atoms with Gasteiger partial charge in [0.15, 0.2) is 5.82 Å². The lowest BCUT2D eigenvalue weighted by Crippen LogP contribution is -2.11. The number of benzene rings is 1. The van der Waals surface area contributed by atoms with Crippen LogP contribution >= 0.6 is 0 Å². The Hall–Kier alpha value is -2.17. The average molecular weight is 261 g/mol. The maximum absolute atomic E-state index is 12.8. The lowest BCUT2D eigenvalue weighted by molar-refractivity contribution is -0.116. The Morgan fingerprint density at radius 1 is 1.32 bits per heavy atom. The molecule has 1 aromatic heterocycles. The van der Waals surface area contributed by atoms with E-state index in [4.69, 9.17) is 0 Å². The van der Waals surface area contributed by atoms with Gasteiger partial charge in [-0.15, -0.1) is 0 Å². The zero-order chi connectivity index (χ0) is 13.7. The Kier molecular flexibility index (Phi) is 4.28. The molecule has 0 unspecified atom stereocenters. The summed E-state index contributed by atoms with van der Waals surface area (Å²) in [7, 11) is 0. The van der Waals surface area contributed by atoms with Crippen LogP contribution in [0.2, 0.25) is 0 Å². The quantitative estimate of drug-likeness (QED) is 0.899. The third-order valence-electron chi connectivity index (χ3n) is 2.64. The number of carbonyl (C=O) groups is 1. The van der Waals surface area contributed by atoms with E-state index in [-0.39, 0.29) is 11.7 Å². The Balaban J connectivity index is 1.97. The van der Waals surface area contributed by atoms with E-state index < -0.39 is 0 Å². The van der Waals surface area contributed by atoms with Gasteiger partial charge in [0.25, 0.3) is 0 Å². The minimum atomic E-state index is -0.253. The monoisotopic (exact) mass is 261 g/mol. The summed E-state index contributed by atoms with van der Waals surface area (Å²) in [5.41, 5.74) is 0.955. The first-order valence-electron chi connectivity index (χ1n) is 6.25. The van der Waals surface area contributed by atoms with Crippen molar-refractivity contribution in [2.24, 2.45) is 0 Å². The van der Waals surface area contributed by atoms with Gasteiger partial charge in [-0.25, -0.2) is 4.39 Å². The summed E-state index contributed by atoms with van der Waals surface area (Å²) in [6.45, 7) is 2.50. The van der Waals surface area contributed by atoms with Crippen molar-refractivity contribution in [2.45, 2.75) is 26.3 Å². The summed E-state index contributed by atoms with van der Waals surface area (Å²) in [4.78, 5) is 11.4. The predicted molar refractivity (Wildman–Crippen MR) is 71.3 cm³/mol. The second-order valence-electron chi connectivity index (χ2n) is 4.32. The number of hydrogen-bond donors (Lipinski definition) is 1. The molecule has 0 spiro atoms. The molecule has 19 heavy (non-hydrogen) atoms. The molecule has 5 heteroatoms. The number of amides is 1. The Bertz CT molecular complexity index is 548. The zero-order valence-electron chi connectivity index (χ0n) is 10.8. The second-order valence-corrected chi connectivity index (χ2v) is 4.32. The van der Waals surface area contributed by atoms with Gasteiger partial charge in [0, 0.05) is 18.7 Å². The number of aromatic nitrogens is 2. The molecule has 0 fully saturated rings. The molecule has 2 aromatic rings. The molecule has 0 aliphatic heterocycles. The first-order chi connectivity index (χ1) is 9.17. The summed E-state index contributed by atoms with van der Waals surface area (Å²) < 4.78 is 14.5. The van der Waals surface area contributed by atoms with Gasteiger partial charge in [-0.1, -0.05) is 19.1 Å². The fourth-order valence-electron chi connectivity index (χ4n) is 1.73. The van der Waals surface area contributed by atoms with Crippen LogP contribution < -0.4 is 5.32 Å². The number of nitrogens with zero attached hydrogens (tertiary/aromatic N) is 2. The van der Waals surface area contributed by atoms with E-state index in [1.165, 1.54) is 12.1 Å². The molecule has 100 valence electrons. The van der Waals surface area contributed by atoms with Crippen molar-refractivity contribution in [3.05, 3.63) is 47.9 Å². The van der Waals surface area contributed by atoms with Gasteiger partial charge in [0.05, 0.1) is 6.54 Å². The van der Waals surface area contributed by atoms with E-state index in [2.05, 4.69) is 10.4 Å². The van der Waals surface area contributed by atoms with Crippen LogP contribution in [-0.2, 0) is 11.3 Å². The van der Waals surface area contributed by atoms with Crippen molar-refractivity contribution in [2.75, 3.05) is 5.32 Å². The zero-order valence-corrected chi connectivity index (χ0v) is 10.8. The molecule has 1 heterocycles. The molecule has 4 nitrogen and oxygen atoms in total. The highest BCUT2D eigenvalue weighted by Gasteiger charge is 2.04. The van der Waals surface area contributed by atoms with Gasteiger partial charge in [-0.3, -0.25) is 9.48 Å². The van der Waals surface area contributed by atoms with Gasteiger partial charge in [-0.05, 0) is 24.1 Å². The number of carbonyl (C=O) groups excluding carboxylic acids is 1. The number of anilines is 1. The molecular weight excluding hydrogens is 245 g/mol. The average Bonchev–Trinajstić information content (AvgIpc) is 2.80. The molecule has 0 aliphatic rings. The number of nitrogens with one attached hydrogen (secondary N) is 1. The van der Waals surface area contributed by atoms with E-state index in [0.29, 0.717) is 18.8 Å². The van der Waals surface area contributed by atoms with Crippen LogP contribution in [0.1, 0.15) is 25.3 Å². The molecular formula is C14H16FN3O. The van der Waals surface area contributed by atoms with E-state index >= 15 is 0 Å². The van der Waals surface area contributed by atoms with Crippen LogP contribution in [0, 0.1) is 5.82 Å². The number of halogens is 1. The van der Waals surface area contributed by atoms with Crippen molar-refractivity contribution < 1.29 is 9.18 Å². The molecule has 0 saturated heterocycles. The highest BCUT2D eigenvalue weighted by molar-refractivity contribution is 5.89. The maximum atomic E-state index is 12.8. The van der Waals surface area contributed by atoms with E-state index in [0.717, 1.165) is 12.0 Å². The molecule has 0 atom stereocenters. The molecule has 1 amide bonds. The van der Waals surface area contributed by atoms with Crippen molar-refractivity contribution in [1.29, 1.82) is 0 Å². The predicted octanol–water partition coefficient (Wildman–Crippen LogP) is 2.81. The largest absolute Gasteiger partial charge is 0.309 e. The fourth-order valence-corrected chi connectivity index (χ4v) is 1.73. The number of rotatable bonds is 5. The molecule has 0 saturated carbocycles. The molecule has 0 aliphatic carbocycles. The summed E-state index contributed by atoms with van der Waals surface area (Å²) in [5.74, 6) is 0.256. The first kappa shape index (κ1) is 13.3. The van der Waals surface area contributed by atoms with Crippen LogP contribution in [0.4, 0.5) is 10.2 Å². The smallest absolute Gasteiger partial charge is 0.225 e. The summed E-state index contributed by atoms with van der Waals surface area (Å²) >= 11 is 0. The van der Waals surface area contributed by atoms with Crippen LogP contribution in [-0.4, -0.2) is 15.7 Å². The Morgan fingerprint density at radius 2 is 2.05 bits per heavy atom. The standard InChI is InChI=1S/C14H16FN3O/c1-2-3-14(19)16-13-8-9-18(17-13)10-11-4-6-12(15)7-5-11/h4-9H,2-3,10H2,1H3,(H,16,17,19). The lowest BCUT2D eigenvalue weighted by Gasteiger charge is -2.02. The molecule has 2 rings (SSSR count). The van der Waals surface area contributed by atoms with Crippen molar-refractivity contribution in [3.8, 4) is 0 Å². The molecule has 1 aromatic carbocycles. The first-order valence-corrected chi connectivity index (χ1v) is 6.25. The summed E-state index contributed by atoms with van der Waals surface area (Å²) in [5, 5.41) is 6.97. The highest BCUT2D eigenvalue weighted by atomic mass is 19.1. The normalized spacial score (nSPS) is 10.4. The van der Waals surface area contributed by atoms with Gasteiger partial charge >= 0.3 is 0 Å². The Morgan fingerprint density at radius 3 is 2.74 bits per heavy atom. The minimum Gasteiger partial charge on any atom is -0.309 e. The van der Waals surface area contributed by atoms with Gasteiger partial charge in [0.1, 0.15) is 5.82 Å². The summed E-state index contributed by atoms with van der Waals surface area (Å²) in [6.07, 6.45) is 3.08. The fraction of sp³-hybridized carbons (Fsp3) is 0.286. The van der Waals surface area contributed by atoms with E-state index in [1.54, 1.807) is 29.1 Å². The number of hydrogen-bond acceptors (Lipinski definition) is 2. The van der Waals surface area contributed by atoms with Crippen LogP contribution in [0.3, 0.4) is 0 Å². The maximum Gasteiger partial charge on any atom is 0.225 e. The van der Waals surface area contributed by atoms with Crippen LogP contribution in [0.5, 0.6) is 0 Å². The van der Waals surface area contributed by atoms with Crippen LogP contribution in [0.25, 0.3) is 0 Å². The summed E-state index contributed by atoms with van der Waals surface area (Å²) in [6, 6.07) is 8.02.